The van der Waals surface area contributed by atoms with Crippen molar-refractivity contribution in [2.75, 3.05) is 104 Å². The lowest BCUT2D eigenvalue weighted by atomic mass is 9.99. The summed E-state index contributed by atoms with van der Waals surface area (Å²) in [4.78, 5) is 112. The molecule has 3 unspecified atom stereocenters. The van der Waals surface area contributed by atoms with Crippen LogP contribution in [-0.4, -0.2) is 186 Å². The number of likely N-dealkylation sites (tertiary alicyclic amines) is 4. The highest BCUT2D eigenvalue weighted by Gasteiger charge is 2.28. The molecule has 0 aliphatic carbocycles. The molecule has 4 amide bonds. The molecule has 0 saturated carbocycles. The van der Waals surface area contributed by atoms with Gasteiger partial charge in [-0.15, -0.1) is 0 Å². The van der Waals surface area contributed by atoms with Crippen LogP contribution in [0.2, 0.25) is 5.65 Å². The molecular weight excluding hydrogens is 1440 g/mol. The van der Waals surface area contributed by atoms with Crippen molar-refractivity contribution >= 4 is 67.2 Å². The Morgan fingerprint density at radius 3 is 1.23 bits per heavy atom. The van der Waals surface area contributed by atoms with E-state index < -0.39 is 366 Å². The van der Waals surface area contributed by atoms with Gasteiger partial charge in [-0.25, -0.2) is 17.6 Å². The smallest absolute Gasteiger partial charge is 0.267 e. The standard InChI is InChI=1S/4C21H28FN3O3/c1-3-25-17-6-5-15(22)13-16(17)19(26)18(21(25)28)20(27)23-9-4-10-24-11-7-14(2)8-12-24;2*1-3-25-17-13-15(22)5-6-16(17)19(26)18(21(25)28)20(27)23-9-4-10-24-11-7-14(2)8-12-24;1-3-25-17-8-7-15(22)12-16(17)19(26)18(21(25)28)20(27)23-9-5-11-24-10-4-6-14(2)13-24/h3*5-6,13-14,26H,3-4,7-12H2,1-2H3,(H,23,27);7-8,12,14,26H,3-6,9-11,13H2,1-2H3,(H,23,27)/i1D3,3D2,5D,6D,10D,13D;1D3,3D2,5D,6D,9D2,10D2,13D;1D3,3D2,5D,6D,13D;1D3,3D2,4D2,6D2,7D,8D,10D2,11D,12D,13D2,14D/hD4. The number of amides is 4. The van der Waals surface area contributed by atoms with Crippen molar-refractivity contribution < 1.29 is 127 Å². The topological polar surface area (TPSA) is 298 Å². The van der Waals surface area contributed by atoms with Crippen LogP contribution >= 0.6 is 0 Å². The van der Waals surface area contributed by atoms with Gasteiger partial charge in [0.25, 0.3) is 45.9 Å². The maximum Gasteiger partial charge on any atom is 0.267 e. The Morgan fingerprint density at radius 1 is 0.464 bits per heavy atom. The molecule has 24 nitrogen and oxygen atoms in total. The number of aromatic hydroxyl groups is 4. The van der Waals surface area contributed by atoms with Gasteiger partial charge in [-0.1, -0.05) is 27.7 Å². The first kappa shape index (κ1) is 40.4. The van der Waals surface area contributed by atoms with E-state index in [1.165, 1.54) is 4.90 Å². The number of nitrogens with one attached hydrogen (secondary N) is 4. The molecule has 112 heavy (non-hydrogen) atoms. The third kappa shape index (κ3) is 21.6. The minimum absolute atomic E-state index is 0.0142. The Hall–Kier alpha value is -9.64. The average molecular weight is 1610 g/mol. The Kier molecular flexibility index (Phi) is 14.7. The van der Waals surface area contributed by atoms with E-state index in [1.807, 2.05) is 11.8 Å². The third-order valence-corrected chi connectivity index (χ3v) is 17.9. The largest absolute Gasteiger partial charge is 0.506 e. The molecule has 4 aromatic heterocycles. The highest BCUT2D eigenvalue weighted by Crippen LogP contribution is 2.32. The van der Waals surface area contributed by atoms with Crippen molar-refractivity contribution in [1.29, 1.82) is 0 Å². The van der Waals surface area contributed by atoms with Gasteiger partial charge in [0.1, 0.15) is 68.5 Å². The van der Waals surface area contributed by atoms with Gasteiger partial charge in [0, 0.05) is 128 Å². The second kappa shape index (κ2) is 40.7. The molecule has 8 aromatic rings. The van der Waals surface area contributed by atoms with Crippen LogP contribution < -0.4 is 43.5 Å². The molecule has 4 aromatic carbocycles. The lowest BCUT2D eigenvalue weighted by Gasteiger charge is -2.30. The summed E-state index contributed by atoms with van der Waals surface area (Å²) in [7, 11) is 0. The zero-order chi connectivity index (χ0) is 126. The van der Waals surface area contributed by atoms with Crippen LogP contribution in [0, 0.1) is 46.9 Å². The third-order valence-electron chi connectivity index (χ3n) is 17.9. The molecule has 12 rings (SSSR count). The van der Waals surface area contributed by atoms with Gasteiger partial charge in [-0.2, -0.15) is 0 Å². The lowest BCUT2D eigenvalue weighted by Crippen LogP contribution is -2.37. The number of fused-ring (bicyclic) bond motifs is 4. The van der Waals surface area contributed by atoms with E-state index in [0.29, 0.717) is 68.9 Å². The van der Waals surface area contributed by atoms with E-state index >= 15 is 0 Å². The first-order valence-corrected chi connectivity index (χ1v) is 34.6. The molecule has 8 N–H and O–H groups in total. The summed E-state index contributed by atoms with van der Waals surface area (Å²) in [5.74, 6) is -20.8. The predicted molar refractivity (Wildman–Crippen MR) is 429 cm³/mol. The summed E-state index contributed by atoms with van der Waals surface area (Å²) in [5.41, 5.74) is -17.7. The number of piperidine rings is 4. The van der Waals surface area contributed by atoms with E-state index in [0.717, 1.165) is 38.8 Å². The molecule has 4 aliphatic heterocycles. The fraction of sp³-hybridized carbons (Fsp3) is 0.524. The number of carbonyl (C=O) groups excluding carboxylic acids is 4. The number of hydrogen-bond donors (Lipinski definition) is 8. The summed E-state index contributed by atoms with van der Waals surface area (Å²) in [6.07, 6.45) is -3.73. The summed E-state index contributed by atoms with van der Waals surface area (Å²) in [6, 6.07) is -15.4. The molecule has 0 radical (unpaired) electrons. The Bertz CT molecular complexity index is 7390. The second-order valence-corrected chi connectivity index (χ2v) is 25.7. The van der Waals surface area contributed by atoms with Crippen LogP contribution in [0.25, 0.3) is 43.6 Å². The minimum Gasteiger partial charge on any atom is -0.506 e. The van der Waals surface area contributed by atoms with Crippen LogP contribution in [0.15, 0.2) is 91.7 Å². The zero-order valence-corrected chi connectivity index (χ0v) is 60.5. The van der Waals surface area contributed by atoms with Gasteiger partial charge in [0.05, 0.1) is 38.5 Å². The normalized spacial score (nSPS) is 27.2. The van der Waals surface area contributed by atoms with E-state index in [1.54, 1.807) is 0 Å². The summed E-state index contributed by atoms with van der Waals surface area (Å²) < 4.78 is 463. The van der Waals surface area contributed by atoms with Crippen molar-refractivity contribution in [1.82, 2.24) is 59.1 Å². The first-order valence-electron chi connectivity index (χ1n) is 60.1. The second-order valence-electron chi connectivity index (χ2n) is 25.7. The molecule has 608 valence electrons. The van der Waals surface area contributed by atoms with Crippen molar-refractivity contribution in [3.8, 4) is 23.0 Å². The van der Waals surface area contributed by atoms with Crippen LogP contribution in [-0.2, 0) is 26.0 Å². The fourth-order valence-electron chi connectivity index (χ4n) is 11.8. The molecule has 28 heteroatoms. The molecular formula is C84H112F4N12O12. The van der Waals surface area contributed by atoms with E-state index in [-0.39, 0.29) is 66.4 Å². The Balaban J connectivity index is 0.000000240. The number of benzene rings is 4. The summed E-state index contributed by atoms with van der Waals surface area (Å²) in [6.45, 7) is -35.6. The number of halogens is 4. The molecule has 8 heterocycles. The lowest BCUT2D eigenvalue weighted by molar-refractivity contribution is 0.0937. The molecule has 4 fully saturated rings. The number of carbonyl (C=O) groups is 4. The Labute approximate surface area is 722 Å². The van der Waals surface area contributed by atoms with Gasteiger partial charge in [0.15, 0.2) is 5.65 Å². The highest BCUT2D eigenvalue weighted by atomic mass is 19.1. The molecule has 4 saturated heterocycles. The quantitative estimate of drug-likeness (QED) is 0.0261. The van der Waals surface area contributed by atoms with Crippen molar-refractivity contribution in [3.63, 3.8) is 0 Å². The molecule has 0 bridgehead atoms. The molecule has 4 aliphatic rings. The van der Waals surface area contributed by atoms with Gasteiger partial charge < -0.3 is 79.5 Å². The SMILES string of the molecule is [2H]c1c(F)c([2H])c2c(O)c(C(=O)N([2H])CCC([2H])N3C([2H])([2H])C([2H])([2H])C([2H])([2H])C([2H])(C)C3([2H])[2H])c(=O)n(C([2H])([2H])C([2H])([2H])[2H])c2c1[2H].[2H]c1c(F)c([2H])c2c(O)c(C(=O)N([2H])CCC([2H])N3CCC(C)CC3)c(=O)n(C([2H])([2H])C([2H])([2H])[2H])c2c1[2H].[2H]c1c(F)c([2H])c2c(c1[2H])c(O)c(C(=O)N([2H])C([2H])([2H])CC([2H])([2H])N1CCC(C)CC1)c(=O)n2C([2H])([2H])C([2H])([2H])[2H].[2H]c1c(F)c([2H])c2c(c1[2H])c(O)c(C(=O)N([2H])CCCN1CCC(C)CC1)c(=O)n2C([2H])([2H])C([2H])([2H])[2H]. The maximum atomic E-state index is 14.6. The molecule has 3 atom stereocenters. The first-order chi connectivity index (χ1) is 73.7. The number of hydrogen-bond acceptors (Lipinski definition) is 16. The Morgan fingerprint density at radius 2 is 0.812 bits per heavy atom. The number of pyridine rings is 4. The predicted octanol–water partition coefficient (Wildman–Crippen LogP) is 10.9. The van der Waals surface area contributed by atoms with Crippen LogP contribution in [0.3, 0.4) is 0 Å². The van der Waals surface area contributed by atoms with E-state index in [4.69, 9.17) is 70.1 Å². The highest BCUT2D eigenvalue weighted by molar-refractivity contribution is 6.05. The van der Waals surface area contributed by atoms with Gasteiger partial charge >= 0.3 is 0 Å². The van der Waals surface area contributed by atoms with Crippen LogP contribution in [0.5, 0.6) is 23.0 Å². The van der Waals surface area contributed by atoms with Gasteiger partial charge in [-0.05, 0) is 272 Å². The average Bonchev–Trinajstić information content (AvgIpc) is 0.671. The van der Waals surface area contributed by atoms with Crippen molar-refractivity contribution in [2.45, 2.75) is 158 Å². The van der Waals surface area contributed by atoms with E-state index in [9.17, 15) is 76.3 Å². The molecule has 0 spiro atoms. The van der Waals surface area contributed by atoms with Gasteiger partial charge in [-0.3, -0.25) is 38.4 Å². The summed E-state index contributed by atoms with van der Waals surface area (Å²) >= 11 is 0. The van der Waals surface area contributed by atoms with Crippen molar-refractivity contribution in [2.24, 2.45) is 23.6 Å². The zero-order valence-electron chi connectivity index (χ0n) is 111. The van der Waals surface area contributed by atoms with Crippen LogP contribution in [0.4, 0.5) is 17.6 Å². The number of nitrogens with zero attached hydrogens (tertiary/aromatic N) is 8. The summed E-state index contributed by atoms with van der Waals surface area (Å²) in [5, 5.41) is 39.0. The number of rotatable bonds is 24. The number of aromatic nitrogens is 4. The number of aryl methyl sites for hydroxylation is 4. The van der Waals surface area contributed by atoms with E-state index in [2.05, 4.69) is 18.7 Å². The van der Waals surface area contributed by atoms with Crippen molar-refractivity contribution in [3.05, 3.63) is 159 Å². The monoisotopic (exact) mass is 1610 g/mol. The minimum atomic E-state index is -3.82. The van der Waals surface area contributed by atoms with Crippen LogP contribution in [0.1, 0.15) is 238 Å². The fourth-order valence-corrected chi connectivity index (χ4v) is 11.8. The maximum absolute atomic E-state index is 14.6. The van der Waals surface area contributed by atoms with Gasteiger partial charge in [0.2, 0.25) is 0 Å².